The maximum Gasteiger partial charge on any atom is 0.331 e. The number of aliphatic carboxylic acids is 1. The summed E-state index contributed by atoms with van der Waals surface area (Å²) in [4.78, 5) is 27.3. The number of rotatable bonds is 2. The summed E-state index contributed by atoms with van der Waals surface area (Å²) in [7, 11) is 0. The first-order chi connectivity index (χ1) is 8.50. The molecule has 100 valence electrons. The highest BCUT2D eigenvalue weighted by atomic mass is 16.4. The molecule has 1 amide bonds. The minimum absolute atomic E-state index is 0.124. The number of carboxylic acids is 1. The molecule has 0 radical (unpaired) electrons. The largest absolute Gasteiger partial charge is 0.478 e. The third kappa shape index (κ3) is 2.41. The molecule has 0 spiro atoms. The summed E-state index contributed by atoms with van der Waals surface area (Å²) >= 11 is 0. The Hall–Kier alpha value is -1.36. The van der Waals surface area contributed by atoms with Crippen molar-refractivity contribution < 1.29 is 14.7 Å². The molecule has 1 N–H and O–H groups in total. The fourth-order valence-corrected chi connectivity index (χ4v) is 2.73. The monoisotopic (exact) mass is 252 g/mol. The molecule has 0 aliphatic carbocycles. The predicted molar refractivity (Wildman–Crippen MR) is 67.2 cm³/mol. The second-order valence-electron chi connectivity index (χ2n) is 5.14. The highest BCUT2D eigenvalue weighted by Gasteiger charge is 2.33. The summed E-state index contributed by atoms with van der Waals surface area (Å²) in [6, 6.07) is 0.473. The second kappa shape index (κ2) is 5.10. The van der Waals surface area contributed by atoms with Crippen LogP contribution in [-0.2, 0) is 9.59 Å². The average molecular weight is 252 g/mol. The van der Waals surface area contributed by atoms with E-state index in [1.165, 1.54) is 13.3 Å². The molecule has 0 saturated carbocycles. The average Bonchev–Trinajstić information content (AvgIpc) is 2.82. The van der Waals surface area contributed by atoms with E-state index in [0.717, 1.165) is 26.1 Å². The lowest BCUT2D eigenvalue weighted by atomic mass is 10.1. The zero-order valence-electron chi connectivity index (χ0n) is 11.0. The third-order valence-corrected chi connectivity index (χ3v) is 4.08. The van der Waals surface area contributed by atoms with Gasteiger partial charge in [-0.15, -0.1) is 0 Å². The Morgan fingerprint density at radius 1 is 1.11 bits per heavy atom. The van der Waals surface area contributed by atoms with Crippen molar-refractivity contribution in [2.24, 2.45) is 0 Å². The van der Waals surface area contributed by atoms with Gasteiger partial charge in [0.05, 0.1) is 0 Å². The highest BCUT2D eigenvalue weighted by Crippen LogP contribution is 2.22. The van der Waals surface area contributed by atoms with Crippen molar-refractivity contribution in [1.82, 2.24) is 9.80 Å². The number of carbonyl (C=O) groups is 2. The van der Waals surface area contributed by atoms with Crippen LogP contribution < -0.4 is 0 Å². The Kier molecular flexibility index (Phi) is 3.71. The molecule has 18 heavy (non-hydrogen) atoms. The standard InChI is InChI=1S/C13H20N2O3/c1-9(10(2)13(17)18)12(16)15-7-6-14-5-3-4-11(14)8-15/h11H,3-8H2,1-2H3,(H,17,18). The predicted octanol–water partition coefficient (Wildman–Crippen LogP) is 0.714. The van der Waals surface area contributed by atoms with Gasteiger partial charge in [-0.25, -0.2) is 4.79 Å². The van der Waals surface area contributed by atoms with Crippen molar-refractivity contribution in [3.63, 3.8) is 0 Å². The van der Waals surface area contributed by atoms with E-state index in [1.54, 1.807) is 11.8 Å². The normalized spacial score (nSPS) is 25.7. The number of carboxylic acid groups (broad SMARTS) is 1. The number of fused-ring (bicyclic) bond motifs is 1. The van der Waals surface area contributed by atoms with Gasteiger partial charge < -0.3 is 10.0 Å². The number of carbonyl (C=O) groups excluding carboxylic acids is 1. The molecule has 0 bridgehead atoms. The van der Waals surface area contributed by atoms with Gasteiger partial charge in [0.2, 0.25) is 5.91 Å². The second-order valence-corrected chi connectivity index (χ2v) is 5.14. The quantitative estimate of drug-likeness (QED) is 0.735. The zero-order valence-corrected chi connectivity index (χ0v) is 11.0. The minimum atomic E-state index is -1.01. The van der Waals surface area contributed by atoms with E-state index in [2.05, 4.69) is 4.90 Å². The summed E-state index contributed by atoms with van der Waals surface area (Å²) in [6.07, 6.45) is 2.35. The number of amides is 1. The molecule has 2 fully saturated rings. The van der Waals surface area contributed by atoms with E-state index in [1.807, 2.05) is 0 Å². The lowest BCUT2D eigenvalue weighted by Crippen LogP contribution is -2.52. The van der Waals surface area contributed by atoms with Gasteiger partial charge >= 0.3 is 5.97 Å². The van der Waals surface area contributed by atoms with Crippen molar-refractivity contribution in [2.75, 3.05) is 26.2 Å². The number of nitrogens with zero attached hydrogens (tertiary/aromatic N) is 2. The number of piperazine rings is 1. The van der Waals surface area contributed by atoms with Gasteiger partial charge in [-0.05, 0) is 33.2 Å². The Labute approximate surface area is 107 Å². The fraction of sp³-hybridized carbons (Fsp3) is 0.692. The van der Waals surface area contributed by atoms with Crippen LogP contribution in [0.5, 0.6) is 0 Å². The highest BCUT2D eigenvalue weighted by molar-refractivity contribution is 6.01. The fourth-order valence-electron chi connectivity index (χ4n) is 2.73. The van der Waals surface area contributed by atoms with Crippen LogP contribution in [0.25, 0.3) is 0 Å². The van der Waals surface area contributed by atoms with E-state index >= 15 is 0 Å². The molecule has 1 atom stereocenters. The molecule has 0 aromatic rings. The van der Waals surface area contributed by atoms with Crippen LogP contribution in [0.3, 0.4) is 0 Å². The molecule has 2 aliphatic rings. The van der Waals surface area contributed by atoms with E-state index in [4.69, 9.17) is 5.11 Å². The van der Waals surface area contributed by atoms with Crippen LogP contribution in [0.4, 0.5) is 0 Å². The molecule has 5 nitrogen and oxygen atoms in total. The Morgan fingerprint density at radius 2 is 1.83 bits per heavy atom. The van der Waals surface area contributed by atoms with Crippen LogP contribution >= 0.6 is 0 Å². The maximum atomic E-state index is 12.2. The molecule has 2 rings (SSSR count). The van der Waals surface area contributed by atoms with Crippen molar-refractivity contribution >= 4 is 11.9 Å². The summed E-state index contributed by atoms with van der Waals surface area (Å²) < 4.78 is 0. The lowest BCUT2D eigenvalue weighted by Gasteiger charge is -2.37. The summed E-state index contributed by atoms with van der Waals surface area (Å²) in [5, 5.41) is 8.91. The van der Waals surface area contributed by atoms with Crippen LogP contribution in [-0.4, -0.2) is 59.0 Å². The van der Waals surface area contributed by atoms with Crippen molar-refractivity contribution in [1.29, 1.82) is 0 Å². The Bertz CT molecular complexity index is 403. The first kappa shape index (κ1) is 13.1. The zero-order chi connectivity index (χ0) is 13.3. The molecule has 5 heteroatoms. The Morgan fingerprint density at radius 3 is 2.50 bits per heavy atom. The molecular weight excluding hydrogens is 232 g/mol. The van der Waals surface area contributed by atoms with E-state index in [9.17, 15) is 9.59 Å². The molecular formula is C13H20N2O3. The third-order valence-electron chi connectivity index (χ3n) is 4.08. The molecule has 2 heterocycles. The van der Waals surface area contributed by atoms with Gasteiger partial charge in [-0.3, -0.25) is 9.69 Å². The maximum absolute atomic E-state index is 12.2. The molecule has 2 saturated heterocycles. The van der Waals surface area contributed by atoms with E-state index in [-0.39, 0.29) is 11.5 Å². The van der Waals surface area contributed by atoms with Gasteiger partial charge in [0, 0.05) is 36.8 Å². The number of hydrogen-bond donors (Lipinski definition) is 1. The topological polar surface area (TPSA) is 60.9 Å². The van der Waals surface area contributed by atoms with Gasteiger partial charge in [0.25, 0.3) is 0 Å². The van der Waals surface area contributed by atoms with E-state index in [0.29, 0.717) is 18.2 Å². The van der Waals surface area contributed by atoms with Gasteiger partial charge in [0.1, 0.15) is 0 Å². The van der Waals surface area contributed by atoms with Crippen LogP contribution in [0, 0.1) is 0 Å². The Balaban J connectivity index is 2.06. The van der Waals surface area contributed by atoms with Gasteiger partial charge in [-0.1, -0.05) is 0 Å². The summed E-state index contributed by atoms with van der Waals surface area (Å²) in [5.41, 5.74) is 0.503. The van der Waals surface area contributed by atoms with Crippen LogP contribution in [0.1, 0.15) is 26.7 Å². The van der Waals surface area contributed by atoms with Gasteiger partial charge in [0.15, 0.2) is 0 Å². The molecule has 2 aliphatic heterocycles. The first-order valence-corrected chi connectivity index (χ1v) is 6.45. The molecule has 0 aromatic heterocycles. The molecule has 0 aromatic carbocycles. The minimum Gasteiger partial charge on any atom is -0.478 e. The van der Waals surface area contributed by atoms with Crippen LogP contribution in [0.15, 0.2) is 11.1 Å². The van der Waals surface area contributed by atoms with Crippen LogP contribution in [0.2, 0.25) is 0 Å². The van der Waals surface area contributed by atoms with E-state index < -0.39 is 5.97 Å². The van der Waals surface area contributed by atoms with Gasteiger partial charge in [-0.2, -0.15) is 0 Å². The first-order valence-electron chi connectivity index (χ1n) is 6.45. The summed E-state index contributed by atoms with van der Waals surface area (Å²) in [5.74, 6) is -1.14. The van der Waals surface area contributed by atoms with Crippen molar-refractivity contribution in [3.05, 3.63) is 11.1 Å². The molecule has 1 unspecified atom stereocenters. The van der Waals surface area contributed by atoms with Crippen molar-refractivity contribution in [3.8, 4) is 0 Å². The smallest absolute Gasteiger partial charge is 0.331 e. The number of hydrogen-bond acceptors (Lipinski definition) is 3. The SMILES string of the molecule is CC(C(=O)O)=C(C)C(=O)N1CCN2CCCC2C1. The lowest BCUT2D eigenvalue weighted by molar-refractivity contribution is -0.134. The van der Waals surface area contributed by atoms with Crippen molar-refractivity contribution in [2.45, 2.75) is 32.7 Å². The summed E-state index contributed by atoms with van der Waals surface area (Å²) in [6.45, 7) is 6.59.